The van der Waals surface area contributed by atoms with Crippen LogP contribution in [-0.2, 0) is 22.6 Å². The summed E-state index contributed by atoms with van der Waals surface area (Å²) in [5, 5.41) is 7.07. The van der Waals surface area contributed by atoms with Gasteiger partial charge in [0.25, 0.3) is 0 Å². The first-order valence-electron chi connectivity index (χ1n) is 11.1. The number of nitrogens with zero attached hydrogens (tertiary/aromatic N) is 2. The molecule has 0 radical (unpaired) electrons. The third kappa shape index (κ3) is 4.07. The SMILES string of the molecule is CCCCn1c(C)c([C@@H](C)[C@H]2NC(=O)[C@@H](Cc3ccccn3)NC2=O)c2ccccc21. The van der Waals surface area contributed by atoms with Crippen molar-refractivity contribution in [1.29, 1.82) is 0 Å². The van der Waals surface area contributed by atoms with Crippen LogP contribution < -0.4 is 10.6 Å². The van der Waals surface area contributed by atoms with Gasteiger partial charge in [0.15, 0.2) is 0 Å². The zero-order valence-corrected chi connectivity index (χ0v) is 18.4. The first kappa shape index (κ1) is 21.1. The summed E-state index contributed by atoms with van der Waals surface area (Å²) in [6, 6.07) is 12.7. The second-order valence-electron chi connectivity index (χ2n) is 8.38. The summed E-state index contributed by atoms with van der Waals surface area (Å²) in [5.74, 6) is -0.445. The molecule has 3 atom stereocenters. The molecule has 31 heavy (non-hydrogen) atoms. The van der Waals surface area contributed by atoms with E-state index < -0.39 is 12.1 Å². The molecule has 1 fully saturated rings. The van der Waals surface area contributed by atoms with Crippen molar-refractivity contribution in [3.05, 3.63) is 65.6 Å². The summed E-state index contributed by atoms with van der Waals surface area (Å²) in [4.78, 5) is 30.1. The fourth-order valence-corrected chi connectivity index (χ4v) is 4.67. The summed E-state index contributed by atoms with van der Waals surface area (Å²) >= 11 is 0. The average molecular weight is 419 g/mol. The second kappa shape index (κ2) is 8.92. The zero-order valence-electron chi connectivity index (χ0n) is 18.4. The number of aromatic nitrogens is 2. The van der Waals surface area contributed by atoms with Gasteiger partial charge < -0.3 is 15.2 Å². The Morgan fingerprint density at radius 1 is 1.06 bits per heavy atom. The maximum Gasteiger partial charge on any atom is 0.243 e. The summed E-state index contributed by atoms with van der Waals surface area (Å²) in [7, 11) is 0. The monoisotopic (exact) mass is 418 g/mol. The first-order chi connectivity index (χ1) is 15.0. The number of rotatable bonds is 7. The third-order valence-electron chi connectivity index (χ3n) is 6.32. The first-order valence-corrected chi connectivity index (χ1v) is 11.1. The number of para-hydroxylation sites is 1. The maximum atomic E-state index is 13.0. The van der Waals surface area contributed by atoms with Crippen LogP contribution in [0.3, 0.4) is 0 Å². The molecule has 0 unspecified atom stereocenters. The van der Waals surface area contributed by atoms with E-state index in [0.29, 0.717) is 6.42 Å². The van der Waals surface area contributed by atoms with Crippen LogP contribution in [0, 0.1) is 6.92 Å². The highest BCUT2D eigenvalue weighted by atomic mass is 16.2. The van der Waals surface area contributed by atoms with Crippen molar-refractivity contribution in [3.63, 3.8) is 0 Å². The number of hydrogen-bond donors (Lipinski definition) is 2. The highest BCUT2D eigenvalue weighted by Crippen LogP contribution is 2.34. The number of pyridine rings is 1. The van der Waals surface area contributed by atoms with Crippen LogP contribution in [-0.4, -0.2) is 33.4 Å². The number of amides is 2. The van der Waals surface area contributed by atoms with E-state index in [9.17, 15) is 9.59 Å². The number of carbonyl (C=O) groups is 2. The Kier molecular flexibility index (Phi) is 6.07. The molecule has 6 heteroatoms. The normalized spacial score (nSPS) is 19.8. The minimum atomic E-state index is -0.600. The smallest absolute Gasteiger partial charge is 0.243 e. The van der Waals surface area contributed by atoms with Gasteiger partial charge in [0.1, 0.15) is 12.1 Å². The fourth-order valence-electron chi connectivity index (χ4n) is 4.67. The summed E-state index contributed by atoms with van der Waals surface area (Å²) in [6.07, 6.45) is 4.30. The lowest BCUT2D eigenvalue weighted by Crippen LogP contribution is -2.63. The van der Waals surface area contributed by atoms with Crippen molar-refractivity contribution in [3.8, 4) is 0 Å². The molecule has 1 aliphatic heterocycles. The molecule has 2 N–H and O–H groups in total. The molecule has 0 spiro atoms. The topological polar surface area (TPSA) is 76.0 Å². The van der Waals surface area contributed by atoms with E-state index in [1.54, 1.807) is 6.20 Å². The molecule has 162 valence electrons. The van der Waals surface area contributed by atoms with Crippen molar-refractivity contribution in [1.82, 2.24) is 20.2 Å². The molecule has 3 aromatic rings. The lowest BCUT2D eigenvalue weighted by molar-refractivity contribution is -0.137. The van der Waals surface area contributed by atoms with E-state index in [-0.39, 0.29) is 17.7 Å². The molecule has 3 heterocycles. The minimum Gasteiger partial charge on any atom is -0.345 e. The summed E-state index contributed by atoms with van der Waals surface area (Å²) in [5.41, 5.74) is 4.27. The maximum absolute atomic E-state index is 13.0. The van der Waals surface area contributed by atoms with Gasteiger partial charge in [0.2, 0.25) is 11.8 Å². The Hall–Kier alpha value is -3.15. The molecular weight excluding hydrogens is 388 g/mol. The number of aryl methyl sites for hydroxylation is 1. The molecule has 6 nitrogen and oxygen atoms in total. The van der Waals surface area contributed by atoms with Crippen LogP contribution in [0.4, 0.5) is 0 Å². The molecule has 0 aliphatic carbocycles. The number of nitrogens with one attached hydrogen (secondary N) is 2. The molecule has 0 bridgehead atoms. The van der Waals surface area contributed by atoms with E-state index in [0.717, 1.165) is 36.0 Å². The van der Waals surface area contributed by atoms with Gasteiger partial charge >= 0.3 is 0 Å². The summed E-state index contributed by atoms with van der Waals surface area (Å²) in [6.45, 7) is 7.29. The standard InChI is InChI=1S/C25H30N4O2/c1-4-5-14-29-17(3)22(19-11-6-7-12-21(19)29)16(2)23-25(31)27-20(24(30)28-23)15-18-10-8-9-13-26-18/h6-13,16,20,23H,4-5,14-15H2,1-3H3,(H,27,31)(H,28,30)/t16-,20-,23-/m1/s1. The highest BCUT2D eigenvalue weighted by Gasteiger charge is 2.38. The molecular formula is C25H30N4O2. The van der Waals surface area contributed by atoms with E-state index in [2.05, 4.69) is 52.2 Å². The fraction of sp³-hybridized carbons (Fsp3) is 0.400. The largest absolute Gasteiger partial charge is 0.345 e. The van der Waals surface area contributed by atoms with Gasteiger partial charge in [0, 0.05) is 47.4 Å². The lowest BCUT2D eigenvalue weighted by Gasteiger charge is -2.33. The Bertz CT molecular complexity index is 1090. The molecule has 4 rings (SSSR count). The number of carbonyl (C=O) groups excluding carboxylic acids is 2. The number of hydrogen-bond acceptors (Lipinski definition) is 3. The average Bonchev–Trinajstić information content (AvgIpc) is 3.06. The van der Waals surface area contributed by atoms with Gasteiger partial charge in [-0.2, -0.15) is 0 Å². The lowest BCUT2D eigenvalue weighted by atomic mass is 9.88. The van der Waals surface area contributed by atoms with Crippen LogP contribution in [0.25, 0.3) is 10.9 Å². The predicted molar refractivity (Wildman–Crippen MR) is 122 cm³/mol. The molecule has 2 amide bonds. The van der Waals surface area contributed by atoms with Gasteiger partial charge in [0.05, 0.1) is 0 Å². The molecule has 0 saturated carbocycles. The molecule has 1 aromatic carbocycles. The van der Waals surface area contributed by atoms with E-state index >= 15 is 0 Å². The van der Waals surface area contributed by atoms with Crippen molar-refractivity contribution in [2.75, 3.05) is 0 Å². The van der Waals surface area contributed by atoms with Crippen LogP contribution in [0.15, 0.2) is 48.7 Å². The summed E-state index contributed by atoms with van der Waals surface area (Å²) < 4.78 is 2.34. The van der Waals surface area contributed by atoms with Crippen LogP contribution in [0.5, 0.6) is 0 Å². The number of piperazine rings is 1. The Labute approximate surface area is 183 Å². The van der Waals surface area contributed by atoms with E-state index in [4.69, 9.17) is 0 Å². The van der Waals surface area contributed by atoms with Gasteiger partial charge in [-0.1, -0.05) is 44.5 Å². The Balaban J connectivity index is 1.60. The van der Waals surface area contributed by atoms with Gasteiger partial charge in [-0.05, 0) is 37.1 Å². The molecule has 1 saturated heterocycles. The van der Waals surface area contributed by atoms with Crippen molar-refractivity contribution in [2.24, 2.45) is 0 Å². The van der Waals surface area contributed by atoms with Crippen molar-refractivity contribution in [2.45, 2.75) is 64.6 Å². The Morgan fingerprint density at radius 3 is 2.58 bits per heavy atom. The second-order valence-corrected chi connectivity index (χ2v) is 8.38. The van der Waals surface area contributed by atoms with Gasteiger partial charge in [-0.25, -0.2) is 0 Å². The predicted octanol–water partition coefficient (Wildman–Crippen LogP) is 3.47. The third-order valence-corrected chi connectivity index (χ3v) is 6.32. The number of benzene rings is 1. The van der Waals surface area contributed by atoms with E-state index in [1.807, 2.05) is 31.2 Å². The van der Waals surface area contributed by atoms with Crippen molar-refractivity contribution < 1.29 is 9.59 Å². The zero-order chi connectivity index (χ0) is 22.0. The minimum absolute atomic E-state index is 0.141. The number of fused-ring (bicyclic) bond motifs is 1. The van der Waals surface area contributed by atoms with Crippen LogP contribution in [0.2, 0.25) is 0 Å². The number of unbranched alkanes of at least 4 members (excludes halogenated alkanes) is 1. The van der Waals surface area contributed by atoms with Crippen LogP contribution in [0.1, 0.15) is 49.6 Å². The Morgan fingerprint density at radius 2 is 1.84 bits per heavy atom. The quantitative estimate of drug-likeness (QED) is 0.617. The van der Waals surface area contributed by atoms with Crippen LogP contribution >= 0.6 is 0 Å². The van der Waals surface area contributed by atoms with Gasteiger partial charge in [-0.15, -0.1) is 0 Å². The highest BCUT2D eigenvalue weighted by molar-refractivity contribution is 5.98. The van der Waals surface area contributed by atoms with Crippen molar-refractivity contribution >= 4 is 22.7 Å². The van der Waals surface area contributed by atoms with Gasteiger partial charge in [-0.3, -0.25) is 14.6 Å². The molecule has 1 aliphatic rings. The molecule has 2 aromatic heterocycles. The van der Waals surface area contributed by atoms with E-state index in [1.165, 1.54) is 11.2 Å².